The van der Waals surface area contributed by atoms with E-state index in [1.54, 1.807) is 0 Å². The first-order chi connectivity index (χ1) is 13.4. The van der Waals surface area contributed by atoms with Gasteiger partial charge in [0.25, 0.3) is 0 Å². The number of carboxylic acids is 2. The predicted molar refractivity (Wildman–Crippen MR) is 110 cm³/mol. The van der Waals surface area contributed by atoms with E-state index in [9.17, 15) is 19.8 Å². The van der Waals surface area contributed by atoms with Crippen molar-refractivity contribution in [1.29, 1.82) is 0 Å². The Morgan fingerprint density at radius 3 is 1.82 bits per heavy atom. The number of benzene rings is 1. The number of unbranched alkanes of at least 4 members (excludes halogenated alkanes) is 3. The lowest BCUT2D eigenvalue weighted by molar-refractivity contribution is -0.144. The van der Waals surface area contributed by atoms with Crippen LogP contribution in [0.5, 0.6) is 0 Å². The molecule has 2 aliphatic rings. The summed E-state index contributed by atoms with van der Waals surface area (Å²) in [7, 11) is 0. The Morgan fingerprint density at radius 2 is 1.29 bits per heavy atom. The number of aliphatic carboxylic acids is 2. The van der Waals surface area contributed by atoms with Gasteiger partial charge in [-0.25, -0.2) is 0 Å². The summed E-state index contributed by atoms with van der Waals surface area (Å²) in [4.78, 5) is 22.5. The zero-order valence-corrected chi connectivity index (χ0v) is 17.1. The topological polar surface area (TPSA) is 74.6 Å². The van der Waals surface area contributed by atoms with Crippen molar-refractivity contribution >= 4 is 11.9 Å². The lowest BCUT2D eigenvalue weighted by Gasteiger charge is -2.13. The Labute approximate surface area is 168 Å². The van der Waals surface area contributed by atoms with E-state index in [1.807, 2.05) is 0 Å². The molecular weight excluding hydrogens is 352 g/mol. The van der Waals surface area contributed by atoms with Crippen molar-refractivity contribution in [3.05, 3.63) is 34.9 Å². The average Bonchev–Trinajstić information content (AvgIpc) is 3.55. The van der Waals surface area contributed by atoms with Crippen LogP contribution in [-0.4, -0.2) is 22.2 Å². The monoisotopic (exact) mass is 386 g/mol. The number of rotatable bonds is 13. The average molecular weight is 387 g/mol. The van der Waals surface area contributed by atoms with Crippen LogP contribution in [-0.2, 0) is 22.4 Å². The van der Waals surface area contributed by atoms with Crippen LogP contribution in [0, 0.1) is 17.8 Å². The molecule has 154 valence electrons. The van der Waals surface area contributed by atoms with E-state index in [1.165, 1.54) is 16.7 Å². The Kier molecular flexibility index (Phi) is 6.47. The molecule has 0 saturated heterocycles. The van der Waals surface area contributed by atoms with Crippen molar-refractivity contribution in [1.82, 2.24) is 0 Å². The van der Waals surface area contributed by atoms with Crippen LogP contribution < -0.4 is 0 Å². The summed E-state index contributed by atoms with van der Waals surface area (Å²) in [6, 6.07) is 6.69. The zero-order valence-electron chi connectivity index (χ0n) is 17.1. The fraction of sp³-hybridized carbons (Fsp3) is 0.667. The van der Waals surface area contributed by atoms with Gasteiger partial charge in [-0.05, 0) is 82.3 Å². The molecule has 0 radical (unpaired) electrons. The fourth-order valence-corrected chi connectivity index (χ4v) is 4.41. The van der Waals surface area contributed by atoms with E-state index in [2.05, 4.69) is 25.1 Å². The number of hydrogen-bond donors (Lipinski definition) is 2. The highest BCUT2D eigenvalue weighted by atomic mass is 16.4. The molecular formula is C24H34O4. The maximum absolute atomic E-state index is 11.3. The third-order valence-corrected chi connectivity index (χ3v) is 6.93. The zero-order chi connectivity index (χ0) is 20.2. The van der Waals surface area contributed by atoms with Gasteiger partial charge < -0.3 is 10.2 Å². The predicted octanol–water partition coefficient (Wildman–Crippen LogP) is 5.54. The van der Waals surface area contributed by atoms with Crippen LogP contribution >= 0.6 is 0 Å². The molecule has 0 heterocycles. The molecule has 0 unspecified atom stereocenters. The second-order valence-electron chi connectivity index (χ2n) is 9.21. The molecule has 2 fully saturated rings. The van der Waals surface area contributed by atoms with Crippen molar-refractivity contribution < 1.29 is 19.8 Å². The first-order valence-corrected chi connectivity index (χ1v) is 10.9. The summed E-state index contributed by atoms with van der Waals surface area (Å²) in [5.74, 6) is -1.22. The molecule has 0 spiro atoms. The summed E-state index contributed by atoms with van der Waals surface area (Å²) in [5.41, 5.74) is 3.31. The lowest BCUT2D eigenvalue weighted by Crippen LogP contribution is -2.14. The van der Waals surface area contributed by atoms with Gasteiger partial charge >= 0.3 is 11.9 Å². The van der Waals surface area contributed by atoms with Crippen LogP contribution in [0.4, 0.5) is 0 Å². The number of aryl methyl sites for hydroxylation is 3. The first-order valence-electron chi connectivity index (χ1n) is 10.9. The normalized spacial score (nSPS) is 18.6. The van der Waals surface area contributed by atoms with Crippen LogP contribution in [0.2, 0.25) is 0 Å². The summed E-state index contributed by atoms with van der Waals surface area (Å²) < 4.78 is 0. The summed E-state index contributed by atoms with van der Waals surface area (Å²) in [6.07, 6.45) is 12.3. The second-order valence-corrected chi connectivity index (χ2v) is 9.21. The van der Waals surface area contributed by atoms with E-state index < -0.39 is 17.4 Å². The van der Waals surface area contributed by atoms with Gasteiger partial charge in [-0.2, -0.15) is 0 Å². The highest BCUT2D eigenvalue weighted by Gasteiger charge is 2.49. The molecule has 0 amide bonds. The molecule has 0 atom stereocenters. The maximum Gasteiger partial charge on any atom is 0.309 e. The second kappa shape index (κ2) is 8.67. The minimum absolute atomic E-state index is 0.386. The minimum Gasteiger partial charge on any atom is -0.481 e. The van der Waals surface area contributed by atoms with E-state index in [0.29, 0.717) is 0 Å². The molecule has 0 aromatic heterocycles. The fourth-order valence-electron chi connectivity index (χ4n) is 4.41. The van der Waals surface area contributed by atoms with Crippen molar-refractivity contribution in [2.75, 3.05) is 0 Å². The summed E-state index contributed by atoms with van der Waals surface area (Å²) in [5, 5.41) is 18.5. The molecule has 4 heteroatoms. The SMILES string of the molecule is Cc1ccc(CCCCC2(C(=O)O)CC2)c(CCCCCC2(C(=O)O)CC2)c1. The number of carbonyl (C=O) groups is 2. The van der Waals surface area contributed by atoms with Gasteiger partial charge in [0.15, 0.2) is 0 Å². The van der Waals surface area contributed by atoms with Gasteiger partial charge in [0, 0.05) is 0 Å². The van der Waals surface area contributed by atoms with Gasteiger partial charge in [-0.15, -0.1) is 0 Å². The molecule has 2 N–H and O–H groups in total. The third-order valence-electron chi connectivity index (χ3n) is 6.93. The first kappa shape index (κ1) is 20.9. The smallest absolute Gasteiger partial charge is 0.309 e. The van der Waals surface area contributed by atoms with Crippen molar-refractivity contribution in [3.8, 4) is 0 Å². The van der Waals surface area contributed by atoms with Crippen LogP contribution in [0.25, 0.3) is 0 Å². The lowest BCUT2D eigenvalue weighted by atomic mass is 9.92. The van der Waals surface area contributed by atoms with Gasteiger partial charge in [0.05, 0.1) is 10.8 Å². The van der Waals surface area contributed by atoms with Crippen molar-refractivity contribution in [2.24, 2.45) is 10.8 Å². The molecule has 1 aromatic carbocycles. The molecule has 4 nitrogen and oxygen atoms in total. The molecule has 2 saturated carbocycles. The largest absolute Gasteiger partial charge is 0.481 e. The van der Waals surface area contributed by atoms with Gasteiger partial charge in [-0.3, -0.25) is 9.59 Å². The van der Waals surface area contributed by atoms with Gasteiger partial charge in [-0.1, -0.05) is 43.0 Å². The standard InChI is InChI=1S/C24H34O4/c1-18-9-10-19(7-4-6-12-24(15-16-24)22(27)28)20(17-18)8-3-2-5-11-23(13-14-23)21(25)26/h9-10,17H,2-8,11-16H2,1H3,(H,25,26)(H,27,28). The van der Waals surface area contributed by atoms with E-state index in [0.717, 1.165) is 83.5 Å². The highest BCUT2D eigenvalue weighted by Crippen LogP contribution is 2.50. The molecule has 2 aliphatic carbocycles. The van der Waals surface area contributed by atoms with Crippen molar-refractivity contribution in [3.63, 3.8) is 0 Å². The van der Waals surface area contributed by atoms with Crippen LogP contribution in [0.1, 0.15) is 87.3 Å². The number of carboxylic acid groups (broad SMARTS) is 2. The Hall–Kier alpha value is -1.84. The molecule has 0 bridgehead atoms. The van der Waals surface area contributed by atoms with Gasteiger partial charge in [0.1, 0.15) is 0 Å². The Balaban J connectivity index is 1.40. The molecule has 28 heavy (non-hydrogen) atoms. The summed E-state index contributed by atoms with van der Waals surface area (Å²) in [6.45, 7) is 2.13. The van der Waals surface area contributed by atoms with Gasteiger partial charge in [0.2, 0.25) is 0 Å². The van der Waals surface area contributed by atoms with E-state index in [-0.39, 0.29) is 5.41 Å². The molecule has 0 aliphatic heterocycles. The minimum atomic E-state index is -0.612. The molecule has 1 aromatic rings. The Morgan fingerprint density at radius 1 is 0.786 bits per heavy atom. The van der Waals surface area contributed by atoms with E-state index >= 15 is 0 Å². The number of hydrogen-bond acceptors (Lipinski definition) is 2. The maximum atomic E-state index is 11.3. The van der Waals surface area contributed by atoms with E-state index in [4.69, 9.17) is 0 Å². The van der Waals surface area contributed by atoms with Crippen molar-refractivity contribution in [2.45, 2.75) is 90.4 Å². The third kappa shape index (κ3) is 5.15. The van der Waals surface area contributed by atoms with Crippen LogP contribution in [0.15, 0.2) is 18.2 Å². The Bertz CT molecular complexity index is 713. The summed E-state index contributed by atoms with van der Waals surface area (Å²) >= 11 is 0. The quantitative estimate of drug-likeness (QED) is 0.436. The van der Waals surface area contributed by atoms with Crippen LogP contribution in [0.3, 0.4) is 0 Å². The molecule has 3 rings (SSSR count). The highest BCUT2D eigenvalue weighted by molar-refractivity contribution is 5.78.